The van der Waals surface area contributed by atoms with Gasteiger partial charge in [-0.1, -0.05) is 37.3 Å². The number of aromatic nitrogens is 1. The molecule has 1 amide bonds. The highest BCUT2D eigenvalue weighted by atomic mass is 32.1. The molecule has 1 atom stereocenters. The fraction of sp³-hybridized carbons (Fsp3) is 0.333. The number of carbonyl (C=O) groups is 3. The van der Waals surface area contributed by atoms with Crippen LogP contribution in [0.25, 0.3) is 5.76 Å². The number of Topliss-reactive ketones (excluding diaryl/α,β-unsaturated/α-hetero) is 1. The minimum atomic E-state index is -1.05. The number of ketones is 1. The molecule has 1 N–H and O–H groups in total. The fourth-order valence-corrected chi connectivity index (χ4v) is 5.66. The topological polar surface area (TPSA) is 124 Å². The van der Waals surface area contributed by atoms with Crippen molar-refractivity contribution in [2.24, 2.45) is 5.92 Å². The zero-order chi connectivity index (χ0) is 29.3. The number of aryl methyl sites for hydroxylation is 1. The highest BCUT2D eigenvalue weighted by Crippen LogP contribution is 2.45. The smallest absolute Gasteiger partial charge is 0.350 e. The highest BCUT2D eigenvalue weighted by molar-refractivity contribution is 7.17. The standard InChI is InChI=1S/C30H30N2O8S/c1-16(2)10-11-38-20-7-5-6-18(14-20)24-23(25(33)19-8-9-21-22(15-19)40-13-12-39-21)26(34)28(35)32(24)30-31-17(3)27(41-30)29(36)37-4/h5-9,14-16,24,33H,10-13H2,1-4H3. The number of aliphatic hydroxyl groups excluding tert-OH is 1. The second-order valence-electron chi connectivity index (χ2n) is 10.0. The van der Waals surface area contributed by atoms with Gasteiger partial charge in [0.15, 0.2) is 16.6 Å². The number of amides is 1. The lowest BCUT2D eigenvalue weighted by Crippen LogP contribution is -2.29. The number of aliphatic hydroxyl groups is 1. The summed E-state index contributed by atoms with van der Waals surface area (Å²) in [6.45, 7) is 7.06. The predicted molar refractivity (Wildman–Crippen MR) is 152 cm³/mol. The number of carbonyl (C=O) groups excluding carboxylic acids is 3. The Balaban J connectivity index is 1.64. The van der Waals surface area contributed by atoms with E-state index in [1.807, 2.05) is 0 Å². The van der Waals surface area contributed by atoms with Crippen LogP contribution in [0.4, 0.5) is 5.13 Å². The zero-order valence-electron chi connectivity index (χ0n) is 23.1. The monoisotopic (exact) mass is 578 g/mol. The molecule has 0 aliphatic carbocycles. The number of rotatable bonds is 8. The lowest BCUT2D eigenvalue weighted by atomic mass is 9.95. The van der Waals surface area contributed by atoms with Gasteiger partial charge in [0.05, 0.1) is 31.0 Å². The quantitative estimate of drug-likeness (QED) is 0.169. The van der Waals surface area contributed by atoms with Crippen LogP contribution in [0.5, 0.6) is 17.2 Å². The van der Waals surface area contributed by atoms with Crippen molar-refractivity contribution in [1.82, 2.24) is 4.98 Å². The first-order chi connectivity index (χ1) is 19.7. The summed E-state index contributed by atoms with van der Waals surface area (Å²) in [5.74, 6) is -0.801. The predicted octanol–water partition coefficient (Wildman–Crippen LogP) is 5.06. The molecule has 2 aliphatic rings. The van der Waals surface area contributed by atoms with E-state index in [0.29, 0.717) is 54.2 Å². The Morgan fingerprint density at radius 3 is 2.63 bits per heavy atom. The summed E-state index contributed by atoms with van der Waals surface area (Å²) in [5.41, 5.74) is 1.04. The van der Waals surface area contributed by atoms with Gasteiger partial charge in [-0.05, 0) is 55.2 Å². The number of anilines is 1. The molecule has 0 bridgehead atoms. The van der Waals surface area contributed by atoms with Gasteiger partial charge in [0.1, 0.15) is 29.6 Å². The molecule has 5 rings (SSSR count). The van der Waals surface area contributed by atoms with Crippen LogP contribution in [0.1, 0.15) is 52.8 Å². The SMILES string of the molecule is COC(=O)c1sc(N2C(=O)C(=O)C(=C(O)c3ccc4c(c3)OCCO4)C2c2cccc(OCCC(C)C)c2)nc1C. The number of esters is 1. The lowest BCUT2D eigenvalue weighted by molar-refractivity contribution is -0.132. The number of hydrogen-bond acceptors (Lipinski definition) is 10. The highest BCUT2D eigenvalue weighted by Gasteiger charge is 2.48. The van der Waals surface area contributed by atoms with Crippen molar-refractivity contribution >= 4 is 39.9 Å². The second-order valence-corrected chi connectivity index (χ2v) is 11.0. The summed E-state index contributed by atoms with van der Waals surface area (Å²) >= 11 is 0.938. The van der Waals surface area contributed by atoms with Crippen LogP contribution in [-0.2, 0) is 14.3 Å². The summed E-state index contributed by atoms with van der Waals surface area (Å²) in [4.78, 5) is 45.3. The van der Waals surface area contributed by atoms with Crippen LogP contribution in [-0.4, -0.2) is 54.7 Å². The Hall–Kier alpha value is -4.38. The maximum Gasteiger partial charge on any atom is 0.350 e. The molecule has 10 nitrogen and oxygen atoms in total. The van der Waals surface area contributed by atoms with E-state index in [2.05, 4.69) is 18.8 Å². The molecule has 0 saturated carbocycles. The minimum Gasteiger partial charge on any atom is -0.507 e. The van der Waals surface area contributed by atoms with Crippen LogP contribution >= 0.6 is 11.3 Å². The average molecular weight is 579 g/mol. The average Bonchev–Trinajstić information content (AvgIpc) is 3.48. The molecule has 1 aromatic heterocycles. The first-order valence-electron chi connectivity index (χ1n) is 13.2. The Kier molecular flexibility index (Phi) is 7.98. The minimum absolute atomic E-state index is 0.126. The largest absolute Gasteiger partial charge is 0.507 e. The number of thiazole rings is 1. The van der Waals surface area contributed by atoms with Crippen LogP contribution in [0, 0.1) is 12.8 Å². The van der Waals surface area contributed by atoms with Crippen LogP contribution in [0.2, 0.25) is 0 Å². The van der Waals surface area contributed by atoms with E-state index in [1.54, 1.807) is 49.4 Å². The van der Waals surface area contributed by atoms with Gasteiger partial charge in [-0.25, -0.2) is 9.78 Å². The molecule has 3 heterocycles. The van der Waals surface area contributed by atoms with Gasteiger partial charge >= 0.3 is 11.9 Å². The molecular formula is C30H30N2O8S. The molecule has 3 aromatic rings. The normalized spacial score (nSPS) is 17.7. The summed E-state index contributed by atoms with van der Waals surface area (Å²) in [6, 6.07) is 10.8. The van der Waals surface area contributed by atoms with E-state index in [4.69, 9.17) is 18.9 Å². The van der Waals surface area contributed by atoms with E-state index in [0.717, 1.165) is 17.8 Å². The van der Waals surface area contributed by atoms with E-state index >= 15 is 0 Å². The van der Waals surface area contributed by atoms with Crippen LogP contribution in [0.3, 0.4) is 0 Å². The van der Waals surface area contributed by atoms with E-state index < -0.39 is 23.7 Å². The number of benzene rings is 2. The summed E-state index contributed by atoms with van der Waals surface area (Å²) in [7, 11) is 1.26. The Labute approximate surface area is 241 Å². The summed E-state index contributed by atoms with van der Waals surface area (Å²) < 4.78 is 22.0. The van der Waals surface area contributed by atoms with Crippen molar-refractivity contribution in [3.8, 4) is 17.2 Å². The van der Waals surface area contributed by atoms with Gasteiger partial charge < -0.3 is 24.1 Å². The summed E-state index contributed by atoms with van der Waals surface area (Å²) in [6.07, 6.45) is 0.849. The Morgan fingerprint density at radius 2 is 1.90 bits per heavy atom. The number of fused-ring (bicyclic) bond motifs is 1. The maximum atomic E-state index is 13.6. The van der Waals surface area contributed by atoms with Crippen molar-refractivity contribution in [2.75, 3.05) is 31.8 Å². The van der Waals surface area contributed by atoms with Crippen molar-refractivity contribution in [2.45, 2.75) is 33.2 Å². The van der Waals surface area contributed by atoms with Gasteiger partial charge in [-0.2, -0.15) is 0 Å². The molecule has 1 fully saturated rings. The van der Waals surface area contributed by atoms with Crippen molar-refractivity contribution < 1.29 is 38.4 Å². The molecule has 214 valence electrons. The third-order valence-corrected chi connectivity index (χ3v) is 7.90. The fourth-order valence-electron chi connectivity index (χ4n) is 4.65. The molecule has 11 heteroatoms. The zero-order valence-corrected chi connectivity index (χ0v) is 23.9. The molecule has 1 saturated heterocycles. The van der Waals surface area contributed by atoms with E-state index in [9.17, 15) is 19.5 Å². The van der Waals surface area contributed by atoms with Crippen molar-refractivity contribution in [3.05, 3.63) is 69.7 Å². The molecule has 0 radical (unpaired) electrons. The third kappa shape index (κ3) is 5.49. The molecule has 41 heavy (non-hydrogen) atoms. The van der Waals surface area contributed by atoms with Crippen molar-refractivity contribution in [3.63, 3.8) is 0 Å². The summed E-state index contributed by atoms with van der Waals surface area (Å²) in [5, 5.41) is 11.7. The van der Waals surface area contributed by atoms with Gasteiger partial charge in [0.2, 0.25) is 0 Å². The number of ether oxygens (including phenoxy) is 4. The maximum absolute atomic E-state index is 13.6. The first kappa shape index (κ1) is 28.2. The third-order valence-electron chi connectivity index (χ3n) is 6.76. The number of methoxy groups -OCH3 is 1. The molecule has 2 aromatic carbocycles. The Morgan fingerprint density at radius 1 is 1.15 bits per heavy atom. The molecule has 0 spiro atoms. The molecular weight excluding hydrogens is 548 g/mol. The number of nitrogens with zero attached hydrogens (tertiary/aromatic N) is 2. The van der Waals surface area contributed by atoms with Gasteiger partial charge in [-0.15, -0.1) is 0 Å². The number of hydrogen-bond donors (Lipinski definition) is 1. The van der Waals surface area contributed by atoms with Crippen molar-refractivity contribution in [1.29, 1.82) is 0 Å². The van der Waals surface area contributed by atoms with Crippen LogP contribution in [0.15, 0.2) is 48.0 Å². The molecule has 2 aliphatic heterocycles. The second kappa shape index (κ2) is 11.6. The van der Waals surface area contributed by atoms with E-state index in [-0.39, 0.29) is 26.9 Å². The van der Waals surface area contributed by atoms with Gasteiger partial charge in [0.25, 0.3) is 5.78 Å². The van der Waals surface area contributed by atoms with Gasteiger partial charge in [0, 0.05) is 5.56 Å². The lowest BCUT2D eigenvalue weighted by Gasteiger charge is -2.24. The Bertz CT molecular complexity index is 1540. The van der Waals surface area contributed by atoms with E-state index in [1.165, 1.54) is 12.0 Å². The van der Waals surface area contributed by atoms with Gasteiger partial charge in [-0.3, -0.25) is 14.5 Å². The first-order valence-corrected chi connectivity index (χ1v) is 14.0. The molecule has 1 unspecified atom stereocenters. The van der Waals surface area contributed by atoms with Crippen LogP contribution < -0.4 is 19.1 Å².